The molecular weight excluding hydrogens is 254 g/mol. The second kappa shape index (κ2) is 5.83. The van der Waals surface area contributed by atoms with Gasteiger partial charge in [-0.3, -0.25) is 4.79 Å². The number of ether oxygens (including phenoxy) is 1. The summed E-state index contributed by atoms with van der Waals surface area (Å²) in [7, 11) is 1.65. The number of rotatable bonds is 6. The molecule has 112 valence electrons. The van der Waals surface area contributed by atoms with Gasteiger partial charge in [0, 0.05) is 12.1 Å². The zero-order valence-corrected chi connectivity index (χ0v) is 13.2. The molecule has 2 N–H and O–H groups in total. The van der Waals surface area contributed by atoms with Crippen LogP contribution in [0.4, 0.5) is 0 Å². The van der Waals surface area contributed by atoms with Gasteiger partial charge in [0.05, 0.1) is 12.5 Å². The molecule has 0 saturated heterocycles. The molecule has 0 aliphatic rings. The summed E-state index contributed by atoms with van der Waals surface area (Å²) in [6, 6.07) is 5.97. The third-order valence-electron chi connectivity index (χ3n) is 4.29. The zero-order chi connectivity index (χ0) is 15.6. The summed E-state index contributed by atoms with van der Waals surface area (Å²) in [6.45, 7) is 9.92. The number of methoxy groups -OCH3 is 1. The highest BCUT2D eigenvalue weighted by Gasteiger charge is 2.42. The summed E-state index contributed by atoms with van der Waals surface area (Å²) in [4.78, 5) is 11.4. The second-order valence-electron chi connectivity index (χ2n) is 6.21. The lowest BCUT2D eigenvalue weighted by molar-refractivity contribution is -0.151. The Bertz CT molecular complexity index is 492. The Morgan fingerprint density at radius 2 is 1.90 bits per heavy atom. The molecule has 0 heterocycles. The number of carboxylic acids is 1. The number of nitrogens with one attached hydrogen (secondary N) is 1. The molecule has 0 amide bonds. The van der Waals surface area contributed by atoms with Gasteiger partial charge in [-0.25, -0.2) is 0 Å². The normalized spacial score (nSPS) is 12.3. The van der Waals surface area contributed by atoms with Gasteiger partial charge in [0.25, 0.3) is 0 Å². The maximum absolute atomic E-state index is 11.4. The Morgan fingerprint density at radius 1 is 1.30 bits per heavy atom. The van der Waals surface area contributed by atoms with Crippen LogP contribution in [0.25, 0.3) is 0 Å². The fourth-order valence-electron chi connectivity index (χ4n) is 1.86. The molecule has 0 atom stereocenters. The van der Waals surface area contributed by atoms with E-state index in [-0.39, 0.29) is 0 Å². The van der Waals surface area contributed by atoms with E-state index in [4.69, 9.17) is 4.74 Å². The molecular formula is C16H25NO3. The molecule has 0 saturated carbocycles. The number of carbonyl (C=O) groups is 1. The average molecular weight is 279 g/mol. The molecule has 0 spiro atoms. The highest BCUT2D eigenvalue weighted by Crippen LogP contribution is 2.31. The van der Waals surface area contributed by atoms with Crippen LogP contribution in [0.2, 0.25) is 0 Å². The van der Waals surface area contributed by atoms with E-state index in [1.54, 1.807) is 21.0 Å². The van der Waals surface area contributed by atoms with Crippen LogP contribution >= 0.6 is 0 Å². The van der Waals surface area contributed by atoms with Gasteiger partial charge in [-0.2, -0.15) is 0 Å². The van der Waals surface area contributed by atoms with Crippen molar-refractivity contribution >= 4 is 5.97 Å². The quantitative estimate of drug-likeness (QED) is 0.840. The Kier molecular flexibility index (Phi) is 4.81. The molecule has 0 aromatic heterocycles. The highest BCUT2D eigenvalue weighted by atomic mass is 16.5. The first-order chi connectivity index (χ1) is 9.11. The number of carboxylic acid groups (broad SMARTS) is 1. The van der Waals surface area contributed by atoms with E-state index >= 15 is 0 Å². The van der Waals surface area contributed by atoms with E-state index in [2.05, 4.69) is 11.4 Å². The van der Waals surface area contributed by atoms with Gasteiger partial charge in [-0.1, -0.05) is 12.1 Å². The first-order valence-electron chi connectivity index (χ1n) is 6.74. The topological polar surface area (TPSA) is 58.6 Å². The Morgan fingerprint density at radius 3 is 2.35 bits per heavy atom. The molecule has 4 nitrogen and oxygen atoms in total. The van der Waals surface area contributed by atoms with Crippen LogP contribution in [0.1, 0.15) is 38.8 Å². The molecule has 0 unspecified atom stereocenters. The smallest absolute Gasteiger partial charge is 0.310 e. The van der Waals surface area contributed by atoms with Crippen molar-refractivity contribution < 1.29 is 14.6 Å². The second-order valence-corrected chi connectivity index (χ2v) is 6.21. The lowest BCUT2D eigenvalue weighted by Gasteiger charge is -2.39. The molecule has 1 rings (SSSR count). The highest BCUT2D eigenvalue weighted by molar-refractivity contribution is 5.75. The van der Waals surface area contributed by atoms with Gasteiger partial charge in [-0.05, 0) is 51.8 Å². The molecule has 4 heteroatoms. The molecule has 1 aromatic carbocycles. The van der Waals surface area contributed by atoms with Gasteiger partial charge in [0.15, 0.2) is 0 Å². The van der Waals surface area contributed by atoms with E-state index in [1.165, 1.54) is 0 Å². The van der Waals surface area contributed by atoms with Gasteiger partial charge in [0.1, 0.15) is 5.75 Å². The lowest BCUT2D eigenvalue weighted by Crippen LogP contribution is -2.54. The molecule has 20 heavy (non-hydrogen) atoms. The van der Waals surface area contributed by atoms with Crippen LogP contribution in [0.3, 0.4) is 0 Å². The van der Waals surface area contributed by atoms with Gasteiger partial charge in [0.2, 0.25) is 0 Å². The summed E-state index contributed by atoms with van der Waals surface area (Å²) in [5.74, 6) is 0.0554. The fourth-order valence-corrected chi connectivity index (χ4v) is 1.86. The standard InChI is InChI=1S/C16H25NO3/c1-11-9-12(7-8-13(11)20-6)10-17-16(4,5)15(2,3)14(18)19/h7-9,17H,10H2,1-6H3,(H,18,19). The van der Waals surface area contributed by atoms with Crippen LogP contribution in [0.15, 0.2) is 18.2 Å². The lowest BCUT2D eigenvalue weighted by atomic mass is 9.74. The third-order valence-corrected chi connectivity index (χ3v) is 4.29. The zero-order valence-electron chi connectivity index (χ0n) is 13.2. The van der Waals surface area contributed by atoms with Crippen molar-refractivity contribution in [1.29, 1.82) is 0 Å². The Labute approximate surface area is 121 Å². The van der Waals surface area contributed by atoms with Crippen molar-refractivity contribution in [1.82, 2.24) is 5.32 Å². The van der Waals surface area contributed by atoms with E-state index in [0.717, 1.165) is 16.9 Å². The maximum atomic E-state index is 11.4. The maximum Gasteiger partial charge on any atom is 0.310 e. The molecule has 1 aromatic rings. The predicted octanol–water partition coefficient (Wildman–Crippen LogP) is 2.98. The number of hydrogen-bond donors (Lipinski definition) is 2. The number of aliphatic carboxylic acids is 1. The van der Waals surface area contributed by atoms with Gasteiger partial charge < -0.3 is 15.2 Å². The first-order valence-corrected chi connectivity index (χ1v) is 6.74. The average Bonchev–Trinajstić information content (AvgIpc) is 2.36. The first kappa shape index (κ1) is 16.5. The van der Waals surface area contributed by atoms with E-state index in [0.29, 0.717) is 6.54 Å². The van der Waals surface area contributed by atoms with Crippen molar-refractivity contribution in [3.63, 3.8) is 0 Å². The third kappa shape index (κ3) is 3.31. The molecule has 0 aliphatic heterocycles. The van der Waals surface area contributed by atoms with Gasteiger partial charge >= 0.3 is 5.97 Å². The minimum absolute atomic E-state index is 0.521. The van der Waals surface area contributed by atoms with E-state index < -0.39 is 16.9 Å². The van der Waals surface area contributed by atoms with Crippen molar-refractivity contribution in [2.24, 2.45) is 5.41 Å². The van der Waals surface area contributed by atoms with Gasteiger partial charge in [-0.15, -0.1) is 0 Å². The molecule has 0 radical (unpaired) electrons. The Balaban J connectivity index is 2.81. The molecule has 0 aliphatic carbocycles. The monoisotopic (exact) mass is 279 g/mol. The van der Waals surface area contributed by atoms with Crippen molar-refractivity contribution in [2.75, 3.05) is 7.11 Å². The van der Waals surface area contributed by atoms with Crippen molar-refractivity contribution in [3.05, 3.63) is 29.3 Å². The summed E-state index contributed by atoms with van der Waals surface area (Å²) in [5.41, 5.74) is 0.806. The Hall–Kier alpha value is -1.55. The molecule has 0 fully saturated rings. The minimum atomic E-state index is -0.853. The predicted molar refractivity (Wildman–Crippen MR) is 80.1 cm³/mol. The largest absolute Gasteiger partial charge is 0.496 e. The number of benzene rings is 1. The summed E-state index contributed by atoms with van der Waals surface area (Å²) in [5, 5.41) is 12.7. The van der Waals surface area contributed by atoms with Crippen molar-refractivity contribution in [2.45, 2.75) is 46.7 Å². The van der Waals surface area contributed by atoms with Crippen LogP contribution in [-0.2, 0) is 11.3 Å². The summed E-state index contributed by atoms with van der Waals surface area (Å²) in [6.07, 6.45) is 0. The van der Waals surface area contributed by atoms with Crippen LogP contribution in [0, 0.1) is 12.3 Å². The molecule has 0 bridgehead atoms. The van der Waals surface area contributed by atoms with Crippen LogP contribution in [-0.4, -0.2) is 23.7 Å². The van der Waals surface area contributed by atoms with Crippen molar-refractivity contribution in [3.8, 4) is 5.75 Å². The van der Waals surface area contributed by atoms with E-state index in [1.807, 2.05) is 32.9 Å². The summed E-state index contributed by atoms with van der Waals surface area (Å²) < 4.78 is 5.23. The van der Waals surface area contributed by atoms with Crippen LogP contribution in [0.5, 0.6) is 5.75 Å². The number of aryl methyl sites for hydroxylation is 1. The van der Waals surface area contributed by atoms with Crippen LogP contribution < -0.4 is 10.1 Å². The summed E-state index contributed by atoms with van der Waals surface area (Å²) >= 11 is 0. The fraction of sp³-hybridized carbons (Fsp3) is 0.562. The SMILES string of the molecule is COc1ccc(CNC(C)(C)C(C)(C)C(=O)O)cc1C. The minimum Gasteiger partial charge on any atom is -0.496 e. The number of hydrogen-bond acceptors (Lipinski definition) is 3. The van der Waals surface area contributed by atoms with E-state index in [9.17, 15) is 9.90 Å².